The zero-order valence-electron chi connectivity index (χ0n) is 14.0. The Hall–Kier alpha value is -2.79. The fraction of sp³-hybridized carbons (Fsp3) is 0.158. The number of aromatic nitrogens is 2. The van der Waals surface area contributed by atoms with E-state index >= 15 is 0 Å². The van der Waals surface area contributed by atoms with Gasteiger partial charge in [0.25, 0.3) is 5.91 Å². The van der Waals surface area contributed by atoms with E-state index in [-0.39, 0.29) is 12.6 Å². The van der Waals surface area contributed by atoms with Crippen LogP contribution in [-0.2, 0) is 6.73 Å². The molecule has 1 amide bonds. The quantitative estimate of drug-likeness (QED) is 0.736. The Balaban J connectivity index is 1.65. The summed E-state index contributed by atoms with van der Waals surface area (Å²) in [6, 6.07) is 14.8. The maximum absolute atomic E-state index is 12.4. The van der Waals surface area contributed by atoms with Gasteiger partial charge in [-0.2, -0.15) is 5.10 Å². The Bertz CT molecular complexity index is 905. The van der Waals surface area contributed by atoms with Crippen LogP contribution in [0.25, 0.3) is 0 Å². The van der Waals surface area contributed by atoms with E-state index in [4.69, 9.17) is 16.3 Å². The zero-order chi connectivity index (χ0) is 17.8. The number of aryl methyl sites for hydroxylation is 2. The van der Waals surface area contributed by atoms with E-state index in [0.29, 0.717) is 16.5 Å². The second-order valence-corrected chi connectivity index (χ2v) is 6.12. The molecule has 0 aliphatic carbocycles. The maximum Gasteiger partial charge on any atom is 0.276 e. The summed E-state index contributed by atoms with van der Waals surface area (Å²) in [5.41, 5.74) is 3.19. The number of nitrogens with zero attached hydrogens (tertiary/aromatic N) is 2. The third-order valence-electron chi connectivity index (χ3n) is 3.70. The molecule has 3 rings (SSSR count). The van der Waals surface area contributed by atoms with Gasteiger partial charge in [0.15, 0.2) is 12.4 Å². The summed E-state index contributed by atoms with van der Waals surface area (Å²) in [6.45, 7) is 4.10. The minimum Gasteiger partial charge on any atom is -0.470 e. The lowest BCUT2D eigenvalue weighted by atomic mass is 10.1. The van der Waals surface area contributed by atoms with Crippen LogP contribution in [0, 0.1) is 13.8 Å². The highest BCUT2D eigenvalue weighted by Gasteiger charge is 2.11. The number of hydrogen-bond donors (Lipinski definition) is 1. The second kappa shape index (κ2) is 7.40. The van der Waals surface area contributed by atoms with E-state index in [1.165, 1.54) is 0 Å². The highest BCUT2D eigenvalue weighted by atomic mass is 35.5. The molecule has 0 unspecified atom stereocenters. The van der Waals surface area contributed by atoms with Gasteiger partial charge < -0.3 is 10.1 Å². The van der Waals surface area contributed by atoms with Gasteiger partial charge in [-0.3, -0.25) is 4.79 Å². The number of rotatable bonds is 5. The SMILES string of the molecule is Cc1ccc(C)c(NC(=O)c2ccn(COc3ccccc3Cl)n2)c1. The topological polar surface area (TPSA) is 56.2 Å². The summed E-state index contributed by atoms with van der Waals surface area (Å²) in [4.78, 5) is 12.4. The van der Waals surface area contributed by atoms with Crippen LogP contribution in [0.2, 0.25) is 5.02 Å². The number of anilines is 1. The van der Waals surface area contributed by atoms with Gasteiger partial charge >= 0.3 is 0 Å². The van der Waals surface area contributed by atoms with E-state index in [1.807, 2.05) is 44.2 Å². The summed E-state index contributed by atoms with van der Waals surface area (Å²) in [7, 11) is 0. The van der Waals surface area contributed by atoms with Crippen molar-refractivity contribution in [1.29, 1.82) is 0 Å². The van der Waals surface area contributed by atoms with E-state index in [2.05, 4.69) is 10.4 Å². The minimum absolute atomic E-state index is 0.167. The Morgan fingerprint density at radius 1 is 1.20 bits per heavy atom. The summed E-state index contributed by atoms with van der Waals surface area (Å²) < 4.78 is 7.15. The van der Waals surface area contributed by atoms with Crippen LogP contribution in [0.5, 0.6) is 5.75 Å². The molecule has 25 heavy (non-hydrogen) atoms. The first-order valence-corrected chi connectivity index (χ1v) is 8.20. The number of carbonyl (C=O) groups excluding carboxylic acids is 1. The molecule has 0 atom stereocenters. The van der Waals surface area contributed by atoms with Crippen molar-refractivity contribution in [1.82, 2.24) is 9.78 Å². The lowest BCUT2D eigenvalue weighted by molar-refractivity contribution is 0.102. The van der Waals surface area contributed by atoms with Crippen molar-refractivity contribution in [3.63, 3.8) is 0 Å². The molecule has 2 aromatic carbocycles. The molecule has 0 aliphatic rings. The van der Waals surface area contributed by atoms with Crippen molar-refractivity contribution in [2.24, 2.45) is 0 Å². The number of carbonyl (C=O) groups is 1. The fourth-order valence-electron chi connectivity index (χ4n) is 2.31. The number of hydrogen-bond acceptors (Lipinski definition) is 3. The molecule has 0 fully saturated rings. The number of nitrogens with one attached hydrogen (secondary N) is 1. The van der Waals surface area contributed by atoms with Crippen molar-refractivity contribution in [2.75, 3.05) is 5.32 Å². The largest absolute Gasteiger partial charge is 0.470 e. The maximum atomic E-state index is 12.4. The van der Waals surface area contributed by atoms with Gasteiger partial charge in [0, 0.05) is 11.9 Å². The van der Waals surface area contributed by atoms with Crippen LogP contribution in [0.1, 0.15) is 21.6 Å². The molecule has 0 bridgehead atoms. The monoisotopic (exact) mass is 355 g/mol. The Kier molecular flexibility index (Phi) is 5.05. The number of ether oxygens (including phenoxy) is 1. The standard InChI is InChI=1S/C19H18ClN3O2/c1-13-7-8-14(2)17(11-13)21-19(24)16-9-10-23(22-16)12-25-18-6-4-3-5-15(18)20/h3-11H,12H2,1-2H3,(H,21,24). The van der Waals surface area contributed by atoms with E-state index < -0.39 is 0 Å². The molecule has 5 nitrogen and oxygen atoms in total. The van der Waals surface area contributed by atoms with Gasteiger partial charge in [-0.1, -0.05) is 35.9 Å². The smallest absolute Gasteiger partial charge is 0.276 e. The van der Waals surface area contributed by atoms with Gasteiger partial charge in [-0.05, 0) is 49.2 Å². The molecule has 1 heterocycles. The van der Waals surface area contributed by atoms with Crippen LogP contribution in [-0.4, -0.2) is 15.7 Å². The van der Waals surface area contributed by atoms with Crippen LogP contribution in [0.15, 0.2) is 54.7 Å². The van der Waals surface area contributed by atoms with Gasteiger partial charge in [0.05, 0.1) is 5.02 Å². The average Bonchev–Trinajstić information content (AvgIpc) is 3.06. The van der Waals surface area contributed by atoms with Gasteiger partial charge in [0.2, 0.25) is 0 Å². The predicted octanol–water partition coefficient (Wildman–Crippen LogP) is 4.44. The van der Waals surface area contributed by atoms with E-state index in [9.17, 15) is 4.79 Å². The lowest BCUT2D eigenvalue weighted by Gasteiger charge is -2.08. The normalized spacial score (nSPS) is 10.5. The van der Waals surface area contributed by atoms with E-state index in [0.717, 1.165) is 16.8 Å². The zero-order valence-corrected chi connectivity index (χ0v) is 14.7. The molecule has 0 radical (unpaired) electrons. The van der Waals surface area contributed by atoms with Crippen molar-refractivity contribution in [2.45, 2.75) is 20.6 Å². The lowest BCUT2D eigenvalue weighted by Crippen LogP contribution is -2.15. The fourth-order valence-corrected chi connectivity index (χ4v) is 2.50. The van der Waals surface area contributed by atoms with Gasteiger partial charge in [0.1, 0.15) is 5.75 Å². The van der Waals surface area contributed by atoms with Crippen molar-refractivity contribution in [3.8, 4) is 5.75 Å². The first-order chi connectivity index (χ1) is 12.0. The van der Waals surface area contributed by atoms with Crippen LogP contribution >= 0.6 is 11.6 Å². The van der Waals surface area contributed by atoms with Crippen LogP contribution < -0.4 is 10.1 Å². The molecular formula is C19H18ClN3O2. The number of para-hydroxylation sites is 1. The molecule has 0 aliphatic heterocycles. The van der Waals surface area contributed by atoms with Crippen molar-refractivity contribution >= 4 is 23.2 Å². The number of benzene rings is 2. The Morgan fingerprint density at radius 3 is 2.80 bits per heavy atom. The second-order valence-electron chi connectivity index (χ2n) is 5.72. The van der Waals surface area contributed by atoms with Crippen molar-refractivity contribution in [3.05, 3.63) is 76.6 Å². The first kappa shape index (κ1) is 17.0. The first-order valence-electron chi connectivity index (χ1n) is 7.82. The summed E-state index contributed by atoms with van der Waals surface area (Å²) in [5.74, 6) is 0.311. The molecule has 0 saturated carbocycles. The van der Waals surface area contributed by atoms with Crippen LogP contribution in [0.3, 0.4) is 0 Å². The van der Waals surface area contributed by atoms with Crippen molar-refractivity contribution < 1.29 is 9.53 Å². The molecule has 0 spiro atoms. The van der Waals surface area contributed by atoms with Crippen LogP contribution in [0.4, 0.5) is 5.69 Å². The average molecular weight is 356 g/mol. The van der Waals surface area contributed by atoms with Gasteiger partial charge in [-0.15, -0.1) is 0 Å². The molecule has 1 N–H and O–H groups in total. The van der Waals surface area contributed by atoms with Gasteiger partial charge in [-0.25, -0.2) is 4.68 Å². The molecule has 128 valence electrons. The summed E-state index contributed by atoms with van der Waals surface area (Å²) in [6.07, 6.45) is 1.69. The Labute approximate surface area is 151 Å². The predicted molar refractivity (Wildman–Crippen MR) is 98.2 cm³/mol. The number of halogens is 1. The highest BCUT2D eigenvalue weighted by molar-refractivity contribution is 6.32. The number of amides is 1. The molecular weight excluding hydrogens is 338 g/mol. The third kappa shape index (κ3) is 4.19. The summed E-state index contributed by atoms with van der Waals surface area (Å²) in [5, 5.41) is 7.66. The minimum atomic E-state index is -0.259. The summed E-state index contributed by atoms with van der Waals surface area (Å²) >= 11 is 6.05. The third-order valence-corrected chi connectivity index (χ3v) is 4.02. The highest BCUT2D eigenvalue weighted by Crippen LogP contribution is 2.23. The molecule has 0 saturated heterocycles. The van der Waals surface area contributed by atoms with E-state index in [1.54, 1.807) is 29.1 Å². The molecule has 3 aromatic rings. The Morgan fingerprint density at radius 2 is 2.00 bits per heavy atom. The molecule has 6 heteroatoms. The molecule has 1 aromatic heterocycles.